The van der Waals surface area contributed by atoms with Crippen LogP contribution >= 0.6 is 0 Å². The van der Waals surface area contributed by atoms with Crippen LogP contribution < -0.4 is 5.32 Å². The molecule has 0 amide bonds. The molecule has 2 rings (SSSR count). The second-order valence-electron chi connectivity index (χ2n) is 7.01. The van der Waals surface area contributed by atoms with Crippen molar-refractivity contribution in [3.05, 3.63) is 0 Å². The fourth-order valence-corrected chi connectivity index (χ4v) is 4.32. The Bertz CT molecular complexity index is 321. The molecule has 0 heterocycles. The van der Waals surface area contributed by atoms with Gasteiger partial charge in [0.1, 0.15) is 0 Å². The van der Waals surface area contributed by atoms with E-state index in [0.29, 0.717) is 16.9 Å². The summed E-state index contributed by atoms with van der Waals surface area (Å²) >= 11 is 0. The quantitative estimate of drug-likeness (QED) is 0.793. The highest BCUT2D eigenvalue weighted by Gasteiger charge is 2.59. The highest BCUT2D eigenvalue weighted by Crippen LogP contribution is 2.62. The molecular formula is C14H25NO2. The zero-order chi connectivity index (χ0) is 12.8. The summed E-state index contributed by atoms with van der Waals surface area (Å²) in [6.45, 7) is 9.03. The van der Waals surface area contributed by atoms with E-state index >= 15 is 0 Å². The van der Waals surface area contributed by atoms with Crippen LogP contribution in [-0.4, -0.2) is 23.2 Å². The molecule has 4 unspecified atom stereocenters. The summed E-state index contributed by atoms with van der Waals surface area (Å²) < 4.78 is 0. The Hall–Kier alpha value is -0.570. The van der Waals surface area contributed by atoms with Crippen LogP contribution in [0.5, 0.6) is 0 Å². The normalized spacial score (nSPS) is 40.5. The van der Waals surface area contributed by atoms with Crippen LogP contribution in [0.15, 0.2) is 0 Å². The minimum Gasteiger partial charge on any atom is -0.481 e. The van der Waals surface area contributed by atoms with E-state index in [0.717, 1.165) is 5.92 Å². The largest absolute Gasteiger partial charge is 0.481 e. The van der Waals surface area contributed by atoms with E-state index in [1.807, 2.05) is 6.92 Å². The van der Waals surface area contributed by atoms with E-state index in [2.05, 4.69) is 26.1 Å². The third-order valence-electron chi connectivity index (χ3n) is 5.20. The Morgan fingerprint density at radius 2 is 2.12 bits per heavy atom. The van der Waals surface area contributed by atoms with Gasteiger partial charge in [-0.05, 0) is 42.9 Å². The lowest BCUT2D eigenvalue weighted by atomic mass is 9.68. The minimum atomic E-state index is -0.712. The minimum absolute atomic E-state index is 0.0629. The fourth-order valence-electron chi connectivity index (χ4n) is 4.32. The maximum atomic E-state index is 10.7. The maximum absolute atomic E-state index is 10.7. The van der Waals surface area contributed by atoms with Gasteiger partial charge in [-0.15, -0.1) is 0 Å². The Kier molecular flexibility index (Phi) is 3.01. The van der Waals surface area contributed by atoms with E-state index in [4.69, 9.17) is 5.11 Å². The number of carboxylic acids is 1. The number of nitrogens with one attached hydrogen (secondary N) is 1. The third kappa shape index (κ3) is 2.10. The summed E-state index contributed by atoms with van der Waals surface area (Å²) in [5.41, 5.74) is 0.681. The summed E-state index contributed by atoms with van der Waals surface area (Å²) in [4.78, 5) is 10.7. The summed E-state index contributed by atoms with van der Waals surface area (Å²) in [7, 11) is 0. The number of carboxylic acid groups (broad SMARTS) is 1. The van der Waals surface area contributed by atoms with Crippen molar-refractivity contribution in [3.63, 3.8) is 0 Å². The lowest BCUT2D eigenvalue weighted by Crippen LogP contribution is -2.53. The van der Waals surface area contributed by atoms with Gasteiger partial charge in [-0.3, -0.25) is 4.79 Å². The average molecular weight is 239 g/mol. The second kappa shape index (κ2) is 3.98. The fraction of sp³-hybridized carbons (Fsp3) is 0.929. The van der Waals surface area contributed by atoms with Gasteiger partial charge in [0.05, 0.1) is 6.42 Å². The van der Waals surface area contributed by atoms with Gasteiger partial charge in [0.2, 0.25) is 0 Å². The van der Waals surface area contributed by atoms with E-state index < -0.39 is 5.97 Å². The van der Waals surface area contributed by atoms with Gasteiger partial charge in [0.15, 0.2) is 0 Å². The number of fused-ring (bicyclic) bond motifs is 2. The molecule has 2 bridgehead atoms. The lowest BCUT2D eigenvalue weighted by molar-refractivity contribution is -0.137. The Morgan fingerprint density at radius 3 is 2.59 bits per heavy atom. The first kappa shape index (κ1) is 12.9. The van der Waals surface area contributed by atoms with Crippen molar-refractivity contribution in [1.82, 2.24) is 5.32 Å². The summed E-state index contributed by atoms with van der Waals surface area (Å²) in [6, 6.07) is 0.524. The molecule has 3 nitrogen and oxygen atoms in total. The number of hydrogen-bond donors (Lipinski definition) is 2. The molecule has 2 fully saturated rings. The zero-order valence-electron chi connectivity index (χ0n) is 11.4. The lowest BCUT2D eigenvalue weighted by Gasteiger charge is -2.44. The number of hydrogen-bond acceptors (Lipinski definition) is 2. The molecule has 2 aliphatic rings. The molecule has 0 saturated heterocycles. The van der Waals surface area contributed by atoms with Crippen molar-refractivity contribution in [1.29, 1.82) is 0 Å². The molecule has 2 saturated carbocycles. The molecule has 0 aliphatic heterocycles. The van der Waals surface area contributed by atoms with E-state index in [9.17, 15) is 4.79 Å². The first-order valence-corrected chi connectivity index (χ1v) is 6.73. The molecule has 0 radical (unpaired) electrons. The molecular weight excluding hydrogens is 214 g/mol. The van der Waals surface area contributed by atoms with Gasteiger partial charge in [0, 0.05) is 12.1 Å². The van der Waals surface area contributed by atoms with Crippen LogP contribution in [0.25, 0.3) is 0 Å². The molecule has 0 aromatic carbocycles. The van der Waals surface area contributed by atoms with Crippen molar-refractivity contribution in [3.8, 4) is 0 Å². The standard InChI is InChI=1S/C14H25NO2/c1-9(7-11(16)17)15-12-13(2,3)10-5-6-14(12,4)8-10/h9-10,12,15H,5-8H2,1-4H3,(H,16,17). The predicted octanol–water partition coefficient (Wildman–Crippen LogP) is 2.65. The van der Waals surface area contributed by atoms with Crippen molar-refractivity contribution >= 4 is 5.97 Å². The highest BCUT2D eigenvalue weighted by atomic mass is 16.4. The number of rotatable bonds is 4. The van der Waals surface area contributed by atoms with Gasteiger partial charge in [-0.1, -0.05) is 20.8 Å². The van der Waals surface area contributed by atoms with Crippen LogP contribution in [0.3, 0.4) is 0 Å². The highest BCUT2D eigenvalue weighted by molar-refractivity contribution is 5.67. The third-order valence-corrected chi connectivity index (χ3v) is 5.20. The van der Waals surface area contributed by atoms with Gasteiger partial charge >= 0.3 is 5.97 Å². The summed E-state index contributed by atoms with van der Waals surface area (Å²) in [5, 5.41) is 12.4. The molecule has 2 aliphatic carbocycles. The average Bonchev–Trinajstić information content (AvgIpc) is 2.63. The smallest absolute Gasteiger partial charge is 0.304 e. The molecule has 0 aromatic heterocycles. The Balaban J connectivity index is 2.07. The Labute approximate surface area is 104 Å². The molecule has 17 heavy (non-hydrogen) atoms. The van der Waals surface area contributed by atoms with Crippen LogP contribution in [0.4, 0.5) is 0 Å². The molecule has 0 aromatic rings. The van der Waals surface area contributed by atoms with Crippen molar-refractivity contribution in [2.75, 3.05) is 0 Å². The Morgan fingerprint density at radius 1 is 1.47 bits per heavy atom. The van der Waals surface area contributed by atoms with Gasteiger partial charge in [-0.25, -0.2) is 0 Å². The first-order chi connectivity index (χ1) is 7.75. The SMILES string of the molecule is CC(CC(=O)O)NC1C2(C)CCC(C2)C1(C)C. The topological polar surface area (TPSA) is 49.3 Å². The van der Waals surface area contributed by atoms with Crippen molar-refractivity contribution < 1.29 is 9.90 Å². The van der Waals surface area contributed by atoms with E-state index in [-0.39, 0.29) is 12.5 Å². The van der Waals surface area contributed by atoms with Crippen LogP contribution in [-0.2, 0) is 4.79 Å². The zero-order valence-corrected chi connectivity index (χ0v) is 11.4. The maximum Gasteiger partial charge on any atom is 0.304 e. The number of carbonyl (C=O) groups is 1. The van der Waals surface area contributed by atoms with E-state index in [1.165, 1.54) is 19.3 Å². The summed E-state index contributed by atoms with van der Waals surface area (Å²) in [5.74, 6) is 0.0955. The van der Waals surface area contributed by atoms with Crippen LogP contribution in [0, 0.1) is 16.7 Å². The van der Waals surface area contributed by atoms with E-state index in [1.54, 1.807) is 0 Å². The second-order valence-corrected chi connectivity index (χ2v) is 7.01. The predicted molar refractivity (Wildman–Crippen MR) is 67.9 cm³/mol. The van der Waals surface area contributed by atoms with Crippen LogP contribution in [0.2, 0.25) is 0 Å². The molecule has 2 N–H and O–H groups in total. The van der Waals surface area contributed by atoms with Gasteiger partial charge in [0.25, 0.3) is 0 Å². The van der Waals surface area contributed by atoms with Crippen LogP contribution in [0.1, 0.15) is 53.4 Å². The molecule has 3 heteroatoms. The van der Waals surface area contributed by atoms with Crippen molar-refractivity contribution in [2.45, 2.75) is 65.5 Å². The van der Waals surface area contributed by atoms with Gasteiger partial charge in [-0.2, -0.15) is 0 Å². The molecule has 4 atom stereocenters. The first-order valence-electron chi connectivity index (χ1n) is 6.73. The molecule has 0 spiro atoms. The van der Waals surface area contributed by atoms with Gasteiger partial charge < -0.3 is 10.4 Å². The monoisotopic (exact) mass is 239 g/mol. The number of aliphatic carboxylic acids is 1. The molecule has 98 valence electrons. The summed E-state index contributed by atoms with van der Waals surface area (Å²) in [6.07, 6.45) is 4.15. The van der Waals surface area contributed by atoms with Crippen molar-refractivity contribution in [2.24, 2.45) is 16.7 Å².